The molecule has 2 aromatic rings. The monoisotopic (exact) mass is 326 g/mol. The van der Waals surface area contributed by atoms with Gasteiger partial charge in [-0.05, 0) is 37.3 Å². The van der Waals surface area contributed by atoms with Gasteiger partial charge in [-0.3, -0.25) is 9.36 Å². The molecule has 1 aliphatic rings. The van der Waals surface area contributed by atoms with E-state index in [4.69, 9.17) is 5.73 Å². The van der Waals surface area contributed by atoms with Crippen LogP contribution in [0.2, 0.25) is 0 Å². The molecule has 1 aromatic heterocycles. The van der Waals surface area contributed by atoms with Crippen molar-refractivity contribution in [3.63, 3.8) is 0 Å². The van der Waals surface area contributed by atoms with Gasteiger partial charge in [0, 0.05) is 30.9 Å². The molecular formula is C19H26N4O. The molecule has 2 N–H and O–H groups in total. The van der Waals surface area contributed by atoms with E-state index in [1.807, 2.05) is 23.6 Å². The molecule has 0 spiro atoms. The van der Waals surface area contributed by atoms with Crippen LogP contribution in [-0.4, -0.2) is 28.7 Å². The Labute approximate surface area is 143 Å². The molecule has 1 saturated heterocycles. The van der Waals surface area contributed by atoms with E-state index in [0.717, 1.165) is 43.0 Å². The number of aryl methyl sites for hydroxylation is 2. The van der Waals surface area contributed by atoms with Crippen LogP contribution in [0, 0.1) is 6.92 Å². The Bertz CT molecular complexity index is 768. The van der Waals surface area contributed by atoms with Gasteiger partial charge >= 0.3 is 0 Å². The molecule has 0 bridgehead atoms. The summed E-state index contributed by atoms with van der Waals surface area (Å²) in [4.78, 5) is 19.7. The van der Waals surface area contributed by atoms with E-state index in [0.29, 0.717) is 13.0 Å². The predicted octanol–water partition coefficient (Wildman–Crippen LogP) is 2.09. The minimum Gasteiger partial charge on any atom is -0.341 e. The summed E-state index contributed by atoms with van der Waals surface area (Å²) < 4.78 is 1.82. The van der Waals surface area contributed by atoms with Gasteiger partial charge in [-0.2, -0.15) is 0 Å². The summed E-state index contributed by atoms with van der Waals surface area (Å²) in [5.74, 6) is 0.746. The number of piperidine rings is 1. The van der Waals surface area contributed by atoms with E-state index in [1.54, 1.807) is 6.20 Å². The van der Waals surface area contributed by atoms with Crippen LogP contribution in [0.1, 0.15) is 36.5 Å². The number of nitrogens with two attached hydrogens (primary N) is 1. The molecule has 5 heteroatoms. The molecule has 3 rings (SSSR count). The van der Waals surface area contributed by atoms with Crippen LogP contribution in [-0.2, 0) is 13.0 Å². The Morgan fingerprint density at radius 3 is 2.79 bits per heavy atom. The van der Waals surface area contributed by atoms with Crippen LogP contribution in [0.3, 0.4) is 0 Å². The molecule has 1 aliphatic heterocycles. The average molecular weight is 326 g/mol. The molecule has 128 valence electrons. The second kappa shape index (κ2) is 7.18. The maximum Gasteiger partial charge on any atom is 0.258 e. The molecular weight excluding hydrogens is 300 g/mol. The van der Waals surface area contributed by atoms with Crippen molar-refractivity contribution < 1.29 is 0 Å². The van der Waals surface area contributed by atoms with Gasteiger partial charge in [-0.1, -0.05) is 31.2 Å². The van der Waals surface area contributed by atoms with E-state index in [2.05, 4.69) is 28.9 Å². The van der Waals surface area contributed by atoms with Crippen molar-refractivity contribution in [1.29, 1.82) is 0 Å². The van der Waals surface area contributed by atoms with Gasteiger partial charge in [0.15, 0.2) is 0 Å². The highest BCUT2D eigenvalue weighted by Gasteiger charge is 2.22. The summed E-state index contributed by atoms with van der Waals surface area (Å²) in [7, 11) is 0. The zero-order valence-electron chi connectivity index (χ0n) is 14.5. The first kappa shape index (κ1) is 16.7. The number of hydrogen-bond acceptors (Lipinski definition) is 4. The van der Waals surface area contributed by atoms with Crippen molar-refractivity contribution in [2.75, 3.05) is 18.0 Å². The number of benzene rings is 1. The molecule has 1 aromatic carbocycles. The summed E-state index contributed by atoms with van der Waals surface area (Å²) in [6.45, 7) is 6.28. The van der Waals surface area contributed by atoms with Gasteiger partial charge < -0.3 is 10.6 Å². The number of nitrogens with zero attached hydrogens (tertiary/aromatic N) is 3. The van der Waals surface area contributed by atoms with E-state index in [1.165, 1.54) is 5.56 Å². The lowest BCUT2D eigenvalue weighted by molar-refractivity contribution is 0.490. The highest BCUT2D eigenvalue weighted by atomic mass is 16.1. The van der Waals surface area contributed by atoms with Crippen molar-refractivity contribution in [2.24, 2.45) is 5.73 Å². The molecule has 0 unspecified atom stereocenters. The van der Waals surface area contributed by atoms with Crippen molar-refractivity contribution >= 4 is 5.95 Å². The number of hydrogen-bond donors (Lipinski definition) is 1. The molecule has 0 amide bonds. The minimum absolute atomic E-state index is 0.0601. The van der Waals surface area contributed by atoms with Crippen molar-refractivity contribution in [2.45, 2.75) is 45.7 Å². The van der Waals surface area contributed by atoms with Crippen molar-refractivity contribution in [3.05, 3.63) is 57.5 Å². The van der Waals surface area contributed by atoms with Crippen LogP contribution in [0.25, 0.3) is 0 Å². The third-order valence-corrected chi connectivity index (χ3v) is 4.81. The first-order valence-electron chi connectivity index (χ1n) is 8.74. The van der Waals surface area contributed by atoms with E-state index in [-0.39, 0.29) is 11.6 Å². The lowest BCUT2D eigenvalue weighted by atomic mass is 10.1. The zero-order chi connectivity index (χ0) is 17.1. The van der Waals surface area contributed by atoms with Crippen LogP contribution in [0.4, 0.5) is 5.95 Å². The van der Waals surface area contributed by atoms with Crippen LogP contribution in [0.15, 0.2) is 35.3 Å². The van der Waals surface area contributed by atoms with E-state index < -0.39 is 0 Å². The van der Waals surface area contributed by atoms with E-state index >= 15 is 0 Å². The van der Waals surface area contributed by atoms with Gasteiger partial charge in [0.05, 0.1) is 6.54 Å². The minimum atomic E-state index is 0.0601. The highest BCUT2D eigenvalue weighted by molar-refractivity contribution is 5.36. The topological polar surface area (TPSA) is 64.2 Å². The highest BCUT2D eigenvalue weighted by Crippen LogP contribution is 2.18. The summed E-state index contributed by atoms with van der Waals surface area (Å²) in [6.07, 6.45) is 4.49. The fourth-order valence-electron chi connectivity index (χ4n) is 3.31. The fourth-order valence-corrected chi connectivity index (χ4v) is 3.31. The molecule has 0 aliphatic carbocycles. The zero-order valence-corrected chi connectivity index (χ0v) is 14.5. The third kappa shape index (κ3) is 3.36. The summed E-state index contributed by atoms with van der Waals surface area (Å²) >= 11 is 0. The summed E-state index contributed by atoms with van der Waals surface area (Å²) in [5.41, 5.74) is 9.28. The van der Waals surface area contributed by atoms with Crippen LogP contribution >= 0.6 is 0 Å². The van der Waals surface area contributed by atoms with Gasteiger partial charge in [0.1, 0.15) is 0 Å². The largest absolute Gasteiger partial charge is 0.341 e. The lowest BCUT2D eigenvalue weighted by Crippen LogP contribution is -2.45. The number of rotatable bonds is 4. The van der Waals surface area contributed by atoms with Crippen LogP contribution in [0.5, 0.6) is 0 Å². The smallest absolute Gasteiger partial charge is 0.258 e. The second-order valence-electron chi connectivity index (χ2n) is 6.60. The molecule has 1 atom stereocenters. The van der Waals surface area contributed by atoms with Gasteiger partial charge in [-0.25, -0.2) is 4.98 Å². The Kier molecular flexibility index (Phi) is 5.00. The molecule has 0 saturated carbocycles. The number of anilines is 1. The molecule has 24 heavy (non-hydrogen) atoms. The lowest BCUT2D eigenvalue weighted by Gasteiger charge is -2.33. The summed E-state index contributed by atoms with van der Waals surface area (Å²) in [6, 6.07) is 8.34. The SMILES string of the molecule is CCc1cnc(N2CCC[C@@H](N)C2)n(Cc2ccccc2C)c1=O. The second-order valence-corrected chi connectivity index (χ2v) is 6.60. The Hall–Kier alpha value is -2.14. The van der Waals surface area contributed by atoms with Crippen molar-refractivity contribution in [3.8, 4) is 0 Å². The van der Waals surface area contributed by atoms with Gasteiger partial charge in [0.25, 0.3) is 5.56 Å². The van der Waals surface area contributed by atoms with Gasteiger partial charge in [-0.15, -0.1) is 0 Å². The first-order valence-corrected chi connectivity index (χ1v) is 8.74. The predicted molar refractivity (Wildman–Crippen MR) is 97.6 cm³/mol. The maximum absolute atomic E-state index is 12.9. The molecule has 1 fully saturated rings. The molecule has 5 nitrogen and oxygen atoms in total. The summed E-state index contributed by atoms with van der Waals surface area (Å²) in [5, 5.41) is 0. The Morgan fingerprint density at radius 1 is 1.29 bits per heavy atom. The first-order chi connectivity index (χ1) is 11.6. The maximum atomic E-state index is 12.9. The standard InChI is InChI=1S/C19H26N4O/c1-3-15-11-21-19(22-10-6-9-17(20)13-22)23(18(15)24)12-16-8-5-4-7-14(16)2/h4-5,7-8,11,17H,3,6,9-10,12-13,20H2,1-2H3/t17-/m1/s1. The van der Waals surface area contributed by atoms with Crippen LogP contribution < -0.4 is 16.2 Å². The fraction of sp³-hybridized carbons (Fsp3) is 0.474. The van der Waals surface area contributed by atoms with Crippen molar-refractivity contribution in [1.82, 2.24) is 9.55 Å². The molecule has 2 heterocycles. The van der Waals surface area contributed by atoms with Gasteiger partial charge in [0.2, 0.25) is 5.95 Å². The Balaban J connectivity index is 2.04. The normalized spacial score (nSPS) is 18.0. The van der Waals surface area contributed by atoms with E-state index in [9.17, 15) is 4.79 Å². The third-order valence-electron chi connectivity index (χ3n) is 4.81. The Morgan fingerprint density at radius 2 is 2.08 bits per heavy atom. The quantitative estimate of drug-likeness (QED) is 0.934. The average Bonchev–Trinajstić information content (AvgIpc) is 2.58. The number of aromatic nitrogens is 2. The molecule has 0 radical (unpaired) electrons.